The van der Waals surface area contributed by atoms with Crippen molar-refractivity contribution in [3.8, 4) is 11.5 Å². The molecule has 0 unspecified atom stereocenters. The molecule has 3 rings (SSSR count). The number of ether oxygens (including phenoxy) is 3. The van der Waals surface area contributed by atoms with Gasteiger partial charge in [0.1, 0.15) is 5.82 Å². The van der Waals surface area contributed by atoms with Gasteiger partial charge in [0.05, 0.1) is 31.3 Å². The third-order valence-electron chi connectivity index (χ3n) is 4.32. The van der Waals surface area contributed by atoms with Crippen LogP contribution in [0.2, 0.25) is 0 Å². The average molecular weight is 474 g/mol. The van der Waals surface area contributed by atoms with Crippen molar-refractivity contribution in [2.75, 3.05) is 14.2 Å². The van der Waals surface area contributed by atoms with E-state index in [1.807, 2.05) is 6.07 Å². The second-order valence-electron chi connectivity index (χ2n) is 6.38. The SMILES string of the molecule is COC(=O)[C@H](C)Oc1ccc(C=Nn2c(C)nc3ccc(Br)cc3c2=O)cc1OC. The van der Waals surface area contributed by atoms with Gasteiger partial charge in [0.25, 0.3) is 5.56 Å². The minimum atomic E-state index is -0.785. The van der Waals surface area contributed by atoms with Crippen molar-refractivity contribution in [2.45, 2.75) is 20.0 Å². The minimum Gasteiger partial charge on any atom is -0.493 e. The molecule has 8 nitrogen and oxygen atoms in total. The summed E-state index contributed by atoms with van der Waals surface area (Å²) < 4.78 is 17.6. The predicted octanol–water partition coefficient (Wildman–Crippen LogP) is 3.30. The Labute approximate surface area is 181 Å². The lowest BCUT2D eigenvalue weighted by molar-refractivity contribution is -0.147. The third-order valence-corrected chi connectivity index (χ3v) is 4.81. The zero-order valence-corrected chi connectivity index (χ0v) is 18.5. The zero-order chi connectivity index (χ0) is 21.8. The largest absolute Gasteiger partial charge is 0.493 e. The highest BCUT2D eigenvalue weighted by atomic mass is 79.9. The van der Waals surface area contributed by atoms with Gasteiger partial charge in [-0.25, -0.2) is 9.78 Å². The molecule has 2 aromatic carbocycles. The summed E-state index contributed by atoms with van der Waals surface area (Å²) in [6, 6.07) is 10.4. The number of fused-ring (bicyclic) bond motifs is 1. The van der Waals surface area contributed by atoms with Crippen LogP contribution in [0.4, 0.5) is 0 Å². The van der Waals surface area contributed by atoms with E-state index in [1.165, 1.54) is 25.1 Å². The Balaban J connectivity index is 1.93. The fourth-order valence-electron chi connectivity index (χ4n) is 2.79. The van der Waals surface area contributed by atoms with Crippen LogP contribution < -0.4 is 15.0 Å². The maximum absolute atomic E-state index is 12.8. The molecule has 0 aliphatic heterocycles. The highest BCUT2D eigenvalue weighted by Crippen LogP contribution is 2.28. The van der Waals surface area contributed by atoms with Crippen LogP contribution in [0.5, 0.6) is 11.5 Å². The van der Waals surface area contributed by atoms with E-state index in [1.54, 1.807) is 44.2 Å². The fraction of sp³-hybridized carbons (Fsp3) is 0.238. The number of carbonyl (C=O) groups is 1. The minimum absolute atomic E-state index is 0.270. The van der Waals surface area contributed by atoms with E-state index in [9.17, 15) is 9.59 Å². The van der Waals surface area contributed by atoms with Crippen molar-refractivity contribution >= 4 is 39.0 Å². The van der Waals surface area contributed by atoms with E-state index in [-0.39, 0.29) is 5.56 Å². The first-order chi connectivity index (χ1) is 14.3. The van der Waals surface area contributed by atoms with Crippen LogP contribution in [0.15, 0.2) is 50.8 Å². The van der Waals surface area contributed by atoms with Crippen molar-refractivity contribution in [3.05, 3.63) is 62.6 Å². The summed E-state index contributed by atoms with van der Waals surface area (Å²) in [6.07, 6.45) is 0.739. The second kappa shape index (κ2) is 9.08. The van der Waals surface area contributed by atoms with Gasteiger partial charge in [0, 0.05) is 4.47 Å². The van der Waals surface area contributed by atoms with Gasteiger partial charge >= 0.3 is 5.97 Å². The number of aryl methyl sites for hydroxylation is 1. The van der Waals surface area contributed by atoms with Crippen LogP contribution in [-0.2, 0) is 9.53 Å². The van der Waals surface area contributed by atoms with E-state index in [0.29, 0.717) is 33.8 Å². The number of hydrogen-bond donors (Lipinski definition) is 0. The lowest BCUT2D eigenvalue weighted by Gasteiger charge is -2.15. The summed E-state index contributed by atoms with van der Waals surface area (Å²) in [5, 5.41) is 4.76. The third kappa shape index (κ3) is 4.51. The highest BCUT2D eigenvalue weighted by molar-refractivity contribution is 9.10. The summed E-state index contributed by atoms with van der Waals surface area (Å²) in [4.78, 5) is 28.8. The van der Waals surface area contributed by atoms with Crippen LogP contribution >= 0.6 is 15.9 Å². The molecular formula is C21H20BrN3O5. The Morgan fingerprint density at radius 1 is 1.20 bits per heavy atom. The van der Waals surface area contributed by atoms with E-state index < -0.39 is 12.1 Å². The summed E-state index contributed by atoms with van der Waals surface area (Å²) >= 11 is 3.37. The van der Waals surface area contributed by atoms with Crippen LogP contribution in [-0.4, -0.2) is 42.2 Å². The van der Waals surface area contributed by atoms with E-state index in [2.05, 4.69) is 30.8 Å². The first-order valence-corrected chi connectivity index (χ1v) is 9.79. The molecule has 3 aromatic rings. The molecule has 0 fully saturated rings. The summed E-state index contributed by atoms with van der Waals surface area (Å²) in [5.41, 5.74) is 1.01. The number of aromatic nitrogens is 2. The zero-order valence-electron chi connectivity index (χ0n) is 16.9. The number of benzene rings is 2. The van der Waals surface area contributed by atoms with E-state index in [4.69, 9.17) is 9.47 Å². The van der Waals surface area contributed by atoms with Crippen LogP contribution in [0.25, 0.3) is 10.9 Å². The van der Waals surface area contributed by atoms with Gasteiger partial charge in [-0.2, -0.15) is 9.78 Å². The molecular weight excluding hydrogens is 454 g/mol. The maximum Gasteiger partial charge on any atom is 0.346 e. The molecule has 1 heterocycles. The average Bonchev–Trinajstić information content (AvgIpc) is 2.74. The molecule has 0 bridgehead atoms. The monoisotopic (exact) mass is 473 g/mol. The molecule has 0 N–H and O–H groups in total. The molecule has 0 radical (unpaired) electrons. The first kappa shape index (κ1) is 21.5. The molecule has 0 amide bonds. The van der Waals surface area contributed by atoms with Gasteiger partial charge in [-0.15, -0.1) is 0 Å². The van der Waals surface area contributed by atoms with Crippen molar-refractivity contribution in [3.63, 3.8) is 0 Å². The lowest BCUT2D eigenvalue weighted by atomic mass is 10.2. The lowest BCUT2D eigenvalue weighted by Crippen LogP contribution is -2.25. The number of esters is 1. The number of methoxy groups -OCH3 is 2. The molecule has 30 heavy (non-hydrogen) atoms. The van der Waals surface area contributed by atoms with Gasteiger partial charge in [0.15, 0.2) is 17.6 Å². The molecule has 0 spiro atoms. The molecule has 1 aromatic heterocycles. The Hall–Kier alpha value is -3.20. The number of rotatable bonds is 6. The van der Waals surface area contributed by atoms with Crippen LogP contribution in [0.1, 0.15) is 18.3 Å². The molecule has 1 atom stereocenters. The molecule has 156 valence electrons. The first-order valence-electron chi connectivity index (χ1n) is 9.00. The molecule has 0 aliphatic carbocycles. The molecule has 0 saturated heterocycles. The van der Waals surface area contributed by atoms with Gasteiger partial charge in [0.2, 0.25) is 0 Å². The highest BCUT2D eigenvalue weighted by Gasteiger charge is 2.17. The predicted molar refractivity (Wildman–Crippen MR) is 117 cm³/mol. The van der Waals surface area contributed by atoms with Gasteiger partial charge in [-0.3, -0.25) is 4.79 Å². The maximum atomic E-state index is 12.8. The van der Waals surface area contributed by atoms with Gasteiger partial charge < -0.3 is 14.2 Å². The van der Waals surface area contributed by atoms with Crippen LogP contribution in [0.3, 0.4) is 0 Å². The number of halogens is 1. The Morgan fingerprint density at radius 3 is 2.67 bits per heavy atom. The quantitative estimate of drug-likeness (QED) is 0.402. The van der Waals surface area contributed by atoms with Crippen molar-refractivity contribution in [1.82, 2.24) is 9.66 Å². The molecule has 0 aliphatic rings. The number of nitrogens with zero attached hydrogens (tertiary/aromatic N) is 3. The summed E-state index contributed by atoms with van der Waals surface area (Å²) in [6.45, 7) is 3.30. The standard InChI is InChI=1S/C21H20BrN3O5/c1-12(21(27)29-4)30-18-8-5-14(9-19(18)28-3)11-23-25-13(2)24-17-7-6-15(22)10-16(17)20(25)26/h5-12H,1-4H3/t12-/m0/s1. The Morgan fingerprint density at radius 2 is 1.97 bits per heavy atom. The van der Waals surface area contributed by atoms with Crippen molar-refractivity contribution < 1.29 is 19.0 Å². The summed E-state index contributed by atoms with van der Waals surface area (Å²) in [7, 11) is 2.79. The number of hydrogen-bond acceptors (Lipinski definition) is 7. The summed E-state index contributed by atoms with van der Waals surface area (Å²) in [5.74, 6) is 0.773. The number of carbonyl (C=O) groups excluding carboxylic acids is 1. The fourth-order valence-corrected chi connectivity index (χ4v) is 3.15. The molecule has 0 saturated carbocycles. The van der Waals surface area contributed by atoms with Gasteiger partial charge in [-0.1, -0.05) is 15.9 Å². The Kier molecular flexibility index (Phi) is 6.51. The normalized spacial score (nSPS) is 12.2. The molecule has 9 heteroatoms. The van der Waals surface area contributed by atoms with Crippen molar-refractivity contribution in [2.24, 2.45) is 5.10 Å². The van der Waals surface area contributed by atoms with E-state index >= 15 is 0 Å². The second-order valence-corrected chi connectivity index (χ2v) is 7.29. The Bertz CT molecular complexity index is 1190. The van der Waals surface area contributed by atoms with E-state index in [0.717, 1.165) is 4.47 Å². The van der Waals surface area contributed by atoms with Gasteiger partial charge in [-0.05, 0) is 55.8 Å². The van der Waals surface area contributed by atoms with Crippen molar-refractivity contribution in [1.29, 1.82) is 0 Å². The topological polar surface area (TPSA) is 92.0 Å². The van der Waals surface area contributed by atoms with Crippen LogP contribution in [0, 0.1) is 6.92 Å². The smallest absolute Gasteiger partial charge is 0.346 e.